The lowest BCUT2D eigenvalue weighted by molar-refractivity contribution is 0.107. The van der Waals surface area contributed by atoms with Crippen LogP contribution in [0.2, 0.25) is 0 Å². The number of hydrogen-bond acceptors (Lipinski definition) is 3. The Morgan fingerprint density at radius 3 is 2.89 bits per heavy atom. The highest BCUT2D eigenvalue weighted by molar-refractivity contribution is 5.38. The lowest BCUT2D eigenvalue weighted by Gasteiger charge is -2.17. The van der Waals surface area contributed by atoms with Crippen molar-refractivity contribution in [1.82, 2.24) is 4.90 Å². The Morgan fingerprint density at radius 2 is 2.26 bits per heavy atom. The van der Waals surface area contributed by atoms with E-state index in [0.717, 1.165) is 38.2 Å². The van der Waals surface area contributed by atoms with E-state index in [1.54, 1.807) is 14.2 Å². The molecule has 1 fully saturated rings. The van der Waals surface area contributed by atoms with Crippen LogP contribution in [0.4, 0.5) is 0 Å². The topological polar surface area (TPSA) is 21.7 Å². The predicted octanol–water partition coefficient (Wildman–Crippen LogP) is 2.64. The Balaban J connectivity index is 2.04. The van der Waals surface area contributed by atoms with Gasteiger partial charge in [0.15, 0.2) is 0 Å². The van der Waals surface area contributed by atoms with Gasteiger partial charge in [-0.1, -0.05) is 18.2 Å². The number of hydrogen-bond donors (Lipinski definition) is 0. The minimum absolute atomic E-state index is 0.394. The number of allylic oxidation sites excluding steroid dienone is 1. The minimum Gasteiger partial charge on any atom is -0.496 e. The summed E-state index contributed by atoms with van der Waals surface area (Å²) >= 11 is 0. The van der Waals surface area contributed by atoms with Gasteiger partial charge < -0.3 is 9.47 Å². The van der Waals surface area contributed by atoms with Crippen LogP contribution in [0.1, 0.15) is 17.5 Å². The molecule has 3 heteroatoms. The third-order valence-corrected chi connectivity index (χ3v) is 3.68. The van der Waals surface area contributed by atoms with Crippen LogP contribution >= 0.6 is 0 Å². The molecule has 19 heavy (non-hydrogen) atoms. The molecule has 0 saturated carbocycles. The highest BCUT2D eigenvalue weighted by Crippen LogP contribution is 2.23. The van der Waals surface area contributed by atoms with E-state index in [4.69, 9.17) is 9.47 Å². The van der Waals surface area contributed by atoms with Crippen molar-refractivity contribution >= 4 is 0 Å². The molecule has 0 radical (unpaired) electrons. The van der Waals surface area contributed by atoms with Crippen molar-refractivity contribution in [3.05, 3.63) is 42.0 Å². The molecule has 0 aliphatic carbocycles. The summed E-state index contributed by atoms with van der Waals surface area (Å²) in [6.07, 6.45) is 4.29. The average molecular weight is 261 g/mol. The highest BCUT2D eigenvalue weighted by Gasteiger charge is 2.21. The molecule has 104 valence electrons. The second-order valence-corrected chi connectivity index (χ2v) is 5.02. The van der Waals surface area contributed by atoms with Crippen molar-refractivity contribution in [1.29, 1.82) is 0 Å². The zero-order valence-corrected chi connectivity index (χ0v) is 11.9. The molecule has 1 atom stereocenters. The molecule has 1 aliphatic rings. The van der Waals surface area contributed by atoms with E-state index in [9.17, 15) is 0 Å². The fourth-order valence-corrected chi connectivity index (χ4v) is 2.64. The van der Waals surface area contributed by atoms with Gasteiger partial charge in [0.25, 0.3) is 0 Å². The first-order valence-electron chi connectivity index (χ1n) is 6.78. The van der Waals surface area contributed by atoms with Crippen LogP contribution in [0.3, 0.4) is 0 Å². The summed E-state index contributed by atoms with van der Waals surface area (Å²) in [4.78, 5) is 2.44. The van der Waals surface area contributed by atoms with E-state index in [-0.39, 0.29) is 0 Å². The molecule has 1 aliphatic heterocycles. The number of likely N-dealkylation sites (tertiary alicyclic amines) is 1. The maximum atomic E-state index is 5.40. The molecule has 2 rings (SSSR count). The van der Waals surface area contributed by atoms with Gasteiger partial charge in [-0.2, -0.15) is 0 Å². The molecule has 0 bridgehead atoms. The van der Waals surface area contributed by atoms with Crippen molar-refractivity contribution in [2.24, 2.45) is 0 Å². The molecule has 1 saturated heterocycles. The average Bonchev–Trinajstić information content (AvgIpc) is 2.87. The van der Waals surface area contributed by atoms with Gasteiger partial charge in [-0.3, -0.25) is 4.90 Å². The normalized spacial score (nSPS) is 19.6. The van der Waals surface area contributed by atoms with Gasteiger partial charge in [0.05, 0.1) is 13.2 Å². The Morgan fingerprint density at radius 1 is 1.42 bits per heavy atom. The fourth-order valence-electron chi connectivity index (χ4n) is 2.64. The predicted molar refractivity (Wildman–Crippen MR) is 77.6 cm³/mol. The number of benzene rings is 1. The maximum Gasteiger partial charge on any atom is 0.122 e. The Kier molecular flexibility index (Phi) is 5.00. The minimum atomic E-state index is 0.394. The summed E-state index contributed by atoms with van der Waals surface area (Å²) < 4.78 is 10.8. The second-order valence-electron chi connectivity index (χ2n) is 5.02. The molecule has 0 N–H and O–H groups in total. The van der Waals surface area contributed by atoms with Crippen LogP contribution in [0.25, 0.3) is 0 Å². The SMILES string of the molecule is C=CCc1cc(CN2CCC(OC)C2)ccc1OC. The van der Waals surface area contributed by atoms with Crippen molar-refractivity contribution in [2.75, 3.05) is 27.3 Å². The van der Waals surface area contributed by atoms with Crippen molar-refractivity contribution in [3.63, 3.8) is 0 Å². The highest BCUT2D eigenvalue weighted by atomic mass is 16.5. The zero-order valence-electron chi connectivity index (χ0n) is 11.9. The second kappa shape index (κ2) is 6.73. The molecule has 0 aromatic heterocycles. The van der Waals surface area contributed by atoms with E-state index in [0.29, 0.717) is 6.10 Å². The Bertz CT molecular complexity index is 431. The zero-order chi connectivity index (χ0) is 13.7. The van der Waals surface area contributed by atoms with Gasteiger partial charge in [-0.25, -0.2) is 0 Å². The van der Waals surface area contributed by atoms with Crippen LogP contribution in [0.5, 0.6) is 5.75 Å². The van der Waals surface area contributed by atoms with Gasteiger partial charge in [0, 0.05) is 26.7 Å². The van der Waals surface area contributed by atoms with Crippen LogP contribution < -0.4 is 4.74 Å². The first kappa shape index (κ1) is 14.1. The van der Waals surface area contributed by atoms with Crippen molar-refractivity contribution in [3.8, 4) is 5.75 Å². The third-order valence-electron chi connectivity index (χ3n) is 3.68. The van der Waals surface area contributed by atoms with Crippen molar-refractivity contribution in [2.45, 2.75) is 25.5 Å². The largest absolute Gasteiger partial charge is 0.496 e. The monoisotopic (exact) mass is 261 g/mol. The fraction of sp³-hybridized carbons (Fsp3) is 0.500. The molecule has 1 aromatic rings. The smallest absolute Gasteiger partial charge is 0.122 e. The standard InChI is InChI=1S/C16H23NO2/c1-4-5-14-10-13(6-7-16(14)19-3)11-17-9-8-15(12-17)18-2/h4,6-7,10,15H,1,5,8-9,11-12H2,2-3H3. The first-order chi connectivity index (χ1) is 9.26. The van der Waals surface area contributed by atoms with Gasteiger partial charge in [-0.15, -0.1) is 6.58 Å². The maximum absolute atomic E-state index is 5.40. The first-order valence-corrected chi connectivity index (χ1v) is 6.78. The molecule has 0 spiro atoms. The lowest BCUT2D eigenvalue weighted by Crippen LogP contribution is -2.22. The Hall–Kier alpha value is -1.32. The van der Waals surface area contributed by atoms with Gasteiger partial charge in [-0.05, 0) is 30.0 Å². The van der Waals surface area contributed by atoms with Crippen LogP contribution in [-0.2, 0) is 17.7 Å². The lowest BCUT2D eigenvalue weighted by atomic mass is 10.1. The summed E-state index contributed by atoms with van der Waals surface area (Å²) in [6.45, 7) is 6.92. The number of nitrogens with zero attached hydrogens (tertiary/aromatic N) is 1. The number of rotatable bonds is 6. The number of methoxy groups -OCH3 is 2. The van der Waals surface area contributed by atoms with E-state index in [2.05, 4.69) is 29.7 Å². The van der Waals surface area contributed by atoms with Gasteiger partial charge in [0.1, 0.15) is 5.75 Å². The van der Waals surface area contributed by atoms with E-state index in [1.165, 1.54) is 11.1 Å². The summed E-state index contributed by atoms with van der Waals surface area (Å²) in [6, 6.07) is 6.42. The molecule has 0 amide bonds. The third kappa shape index (κ3) is 3.58. The molecular weight excluding hydrogens is 238 g/mol. The molecular formula is C16H23NO2. The molecule has 1 heterocycles. The van der Waals surface area contributed by atoms with Gasteiger partial charge >= 0.3 is 0 Å². The van der Waals surface area contributed by atoms with E-state index in [1.807, 2.05) is 6.08 Å². The summed E-state index contributed by atoms with van der Waals surface area (Å²) in [5.41, 5.74) is 2.53. The Labute approximate surface area is 115 Å². The molecule has 3 nitrogen and oxygen atoms in total. The quantitative estimate of drug-likeness (QED) is 0.735. The summed E-state index contributed by atoms with van der Waals surface area (Å²) in [5, 5.41) is 0. The summed E-state index contributed by atoms with van der Waals surface area (Å²) in [5.74, 6) is 0.944. The van der Waals surface area contributed by atoms with Gasteiger partial charge in [0.2, 0.25) is 0 Å². The summed E-state index contributed by atoms with van der Waals surface area (Å²) in [7, 11) is 3.51. The van der Waals surface area contributed by atoms with Crippen molar-refractivity contribution < 1.29 is 9.47 Å². The molecule has 1 unspecified atom stereocenters. The number of ether oxygens (including phenoxy) is 2. The van der Waals surface area contributed by atoms with E-state index < -0.39 is 0 Å². The van der Waals surface area contributed by atoms with E-state index >= 15 is 0 Å². The van der Waals surface area contributed by atoms with Crippen LogP contribution in [-0.4, -0.2) is 38.3 Å². The van der Waals surface area contributed by atoms with Crippen LogP contribution in [0, 0.1) is 0 Å². The van der Waals surface area contributed by atoms with Crippen LogP contribution in [0.15, 0.2) is 30.9 Å². The molecule has 1 aromatic carbocycles.